The van der Waals surface area contributed by atoms with Crippen LogP contribution >= 0.6 is 0 Å². The quantitative estimate of drug-likeness (QED) is 0.711. The standard InChI is InChI=1S/C14H22O3/c1-3-4-13(16)14(17)8-6-11-5-7-12(15)10(2)9-11/h5,7,9,13-17H,3-4,6,8H2,1-2H3. The molecule has 1 aromatic rings. The zero-order valence-electron chi connectivity index (χ0n) is 10.6. The number of aromatic hydroxyl groups is 1. The second-order valence-corrected chi connectivity index (χ2v) is 4.58. The SMILES string of the molecule is CCCC(O)C(O)CCc1ccc(O)c(C)c1. The summed E-state index contributed by atoms with van der Waals surface area (Å²) in [6.45, 7) is 3.83. The molecule has 0 saturated carbocycles. The molecule has 0 fully saturated rings. The highest BCUT2D eigenvalue weighted by molar-refractivity contribution is 5.34. The number of hydrogen-bond donors (Lipinski definition) is 3. The lowest BCUT2D eigenvalue weighted by molar-refractivity contribution is 0.00980. The average molecular weight is 238 g/mol. The highest BCUT2D eigenvalue weighted by atomic mass is 16.3. The molecule has 0 radical (unpaired) electrons. The maximum Gasteiger partial charge on any atom is 0.118 e. The zero-order valence-corrected chi connectivity index (χ0v) is 10.6. The molecule has 3 nitrogen and oxygen atoms in total. The second kappa shape index (κ2) is 6.62. The van der Waals surface area contributed by atoms with E-state index in [1.165, 1.54) is 0 Å². The Bertz CT molecular complexity index is 349. The third-order valence-corrected chi connectivity index (χ3v) is 3.02. The van der Waals surface area contributed by atoms with E-state index < -0.39 is 12.2 Å². The van der Waals surface area contributed by atoms with Gasteiger partial charge in [-0.2, -0.15) is 0 Å². The van der Waals surface area contributed by atoms with Gasteiger partial charge in [0, 0.05) is 0 Å². The number of rotatable bonds is 6. The van der Waals surface area contributed by atoms with E-state index in [-0.39, 0.29) is 0 Å². The van der Waals surface area contributed by atoms with Crippen molar-refractivity contribution in [2.45, 2.75) is 51.7 Å². The van der Waals surface area contributed by atoms with Crippen LogP contribution in [0.1, 0.15) is 37.3 Å². The third kappa shape index (κ3) is 4.36. The second-order valence-electron chi connectivity index (χ2n) is 4.58. The maximum absolute atomic E-state index is 9.73. The monoisotopic (exact) mass is 238 g/mol. The van der Waals surface area contributed by atoms with Gasteiger partial charge in [-0.3, -0.25) is 0 Å². The first-order valence-corrected chi connectivity index (χ1v) is 6.19. The molecule has 0 heterocycles. The first-order valence-electron chi connectivity index (χ1n) is 6.19. The predicted molar refractivity (Wildman–Crippen MR) is 68.1 cm³/mol. The summed E-state index contributed by atoms with van der Waals surface area (Å²) in [5.74, 6) is 0.292. The van der Waals surface area contributed by atoms with E-state index in [0.29, 0.717) is 25.0 Å². The Morgan fingerprint density at radius 3 is 2.35 bits per heavy atom. The first-order chi connectivity index (χ1) is 8.04. The summed E-state index contributed by atoms with van der Waals surface area (Å²) in [4.78, 5) is 0. The summed E-state index contributed by atoms with van der Waals surface area (Å²) in [7, 11) is 0. The molecule has 3 N–H and O–H groups in total. The van der Waals surface area contributed by atoms with Crippen molar-refractivity contribution in [1.29, 1.82) is 0 Å². The van der Waals surface area contributed by atoms with Gasteiger partial charge in [-0.25, -0.2) is 0 Å². The molecule has 0 aromatic heterocycles. The minimum Gasteiger partial charge on any atom is -0.508 e. The van der Waals surface area contributed by atoms with Gasteiger partial charge in [0.25, 0.3) is 0 Å². The molecule has 0 bridgehead atoms. The van der Waals surface area contributed by atoms with Gasteiger partial charge >= 0.3 is 0 Å². The molecule has 0 aliphatic heterocycles. The third-order valence-electron chi connectivity index (χ3n) is 3.02. The van der Waals surface area contributed by atoms with Gasteiger partial charge in [-0.15, -0.1) is 0 Å². The number of benzene rings is 1. The van der Waals surface area contributed by atoms with Crippen molar-refractivity contribution in [1.82, 2.24) is 0 Å². The van der Waals surface area contributed by atoms with Crippen LogP contribution in [0.15, 0.2) is 18.2 Å². The molecule has 1 aromatic carbocycles. The van der Waals surface area contributed by atoms with Crippen LogP contribution in [0, 0.1) is 6.92 Å². The molecular formula is C14H22O3. The molecule has 0 aliphatic rings. The molecule has 2 atom stereocenters. The molecule has 1 rings (SSSR count). The topological polar surface area (TPSA) is 60.7 Å². The molecule has 0 aliphatic carbocycles. The van der Waals surface area contributed by atoms with E-state index in [9.17, 15) is 15.3 Å². The lowest BCUT2D eigenvalue weighted by Gasteiger charge is -2.17. The van der Waals surface area contributed by atoms with Crippen molar-refractivity contribution in [3.05, 3.63) is 29.3 Å². The molecule has 17 heavy (non-hydrogen) atoms. The Morgan fingerprint density at radius 1 is 1.12 bits per heavy atom. The van der Waals surface area contributed by atoms with Gasteiger partial charge in [0.05, 0.1) is 12.2 Å². The van der Waals surface area contributed by atoms with Crippen LogP contribution in [-0.4, -0.2) is 27.5 Å². The number of aliphatic hydroxyl groups is 2. The first kappa shape index (κ1) is 14.0. The van der Waals surface area contributed by atoms with Crippen LogP contribution in [0.4, 0.5) is 0 Å². The van der Waals surface area contributed by atoms with Crippen LogP contribution in [-0.2, 0) is 6.42 Å². The van der Waals surface area contributed by atoms with Gasteiger partial charge < -0.3 is 15.3 Å². The van der Waals surface area contributed by atoms with Crippen molar-refractivity contribution in [2.24, 2.45) is 0 Å². The Kier molecular flexibility index (Phi) is 5.45. The molecule has 3 heteroatoms. The van der Waals surface area contributed by atoms with Crippen molar-refractivity contribution in [3.63, 3.8) is 0 Å². The number of hydrogen-bond acceptors (Lipinski definition) is 3. The maximum atomic E-state index is 9.73. The largest absolute Gasteiger partial charge is 0.508 e. The summed E-state index contributed by atoms with van der Waals surface area (Å²) in [5.41, 5.74) is 1.91. The minimum atomic E-state index is -0.663. The number of phenolic OH excluding ortho intramolecular Hbond substituents is 1. The molecular weight excluding hydrogens is 216 g/mol. The van der Waals surface area contributed by atoms with Crippen LogP contribution < -0.4 is 0 Å². The van der Waals surface area contributed by atoms with Gasteiger partial charge in [0.1, 0.15) is 5.75 Å². The van der Waals surface area contributed by atoms with Crippen molar-refractivity contribution >= 4 is 0 Å². The fraction of sp³-hybridized carbons (Fsp3) is 0.571. The smallest absolute Gasteiger partial charge is 0.118 e. The van der Waals surface area contributed by atoms with Crippen molar-refractivity contribution < 1.29 is 15.3 Å². The molecule has 0 saturated heterocycles. The number of phenols is 1. The molecule has 2 unspecified atom stereocenters. The van der Waals surface area contributed by atoms with Crippen LogP contribution in [0.2, 0.25) is 0 Å². The summed E-state index contributed by atoms with van der Waals surface area (Å²) < 4.78 is 0. The van der Waals surface area contributed by atoms with E-state index in [1.807, 2.05) is 26.0 Å². The Morgan fingerprint density at radius 2 is 1.76 bits per heavy atom. The fourth-order valence-corrected chi connectivity index (χ4v) is 1.87. The van der Waals surface area contributed by atoms with Crippen LogP contribution in [0.3, 0.4) is 0 Å². The van der Waals surface area contributed by atoms with Crippen LogP contribution in [0.25, 0.3) is 0 Å². The van der Waals surface area contributed by atoms with Gasteiger partial charge in [0.15, 0.2) is 0 Å². The molecule has 96 valence electrons. The minimum absolute atomic E-state index is 0.292. The van der Waals surface area contributed by atoms with E-state index in [2.05, 4.69) is 0 Å². The van der Waals surface area contributed by atoms with Gasteiger partial charge in [0.2, 0.25) is 0 Å². The highest BCUT2D eigenvalue weighted by Crippen LogP contribution is 2.18. The van der Waals surface area contributed by atoms with E-state index in [1.54, 1.807) is 6.07 Å². The summed E-state index contributed by atoms with van der Waals surface area (Å²) in [5, 5.41) is 28.7. The predicted octanol–water partition coefficient (Wildman–Crippen LogP) is 2.16. The van der Waals surface area contributed by atoms with Crippen molar-refractivity contribution in [3.8, 4) is 5.75 Å². The Hall–Kier alpha value is -1.06. The van der Waals surface area contributed by atoms with E-state index >= 15 is 0 Å². The van der Waals surface area contributed by atoms with Gasteiger partial charge in [-0.05, 0) is 43.4 Å². The van der Waals surface area contributed by atoms with E-state index in [0.717, 1.165) is 17.5 Å². The molecule has 0 amide bonds. The fourth-order valence-electron chi connectivity index (χ4n) is 1.87. The van der Waals surface area contributed by atoms with Crippen molar-refractivity contribution in [2.75, 3.05) is 0 Å². The summed E-state index contributed by atoms with van der Waals surface area (Å²) >= 11 is 0. The lowest BCUT2D eigenvalue weighted by atomic mass is 10.00. The lowest BCUT2D eigenvalue weighted by Crippen LogP contribution is -2.26. The van der Waals surface area contributed by atoms with Crippen LogP contribution in [0.5, 0.6) is 5.75 Å². The molecule has 0 spiro atoms. The zero-order chi connectivity index (χ0) is 12.8. The number of aryl methyl sites for hydroxylation is 2. The van der Waals surface area contributed by atoms with E-state index in [4.69, 9.17) is 0 Å². The Labute approximate surface area is 103 Å². The number of aliphatic hydroxyl groups excluding tert-OH is 2. The normalized spacial score (nSPS) is 14.6. The average Bonchev–Trinajstić information content (AvgIpc) is 2.30. The summed E-state index contributed by atoms with van der Waals surface area (Å²) in [6, 6.07) is 5.43. The Balaban J connectivity index is 2.47. The van der Waals surface area contributed by atoms with Gasteiger partial charge in [-0.1, -0.05) is 25.5 Å². The highest BCUT2D eigenvalue weighted by Gasteiger charge is 2.14. The summed E-state index contributed by atoms with van der Waals surface area (Å²) in [6.07, 6.45) is 1.48.